The van der Waals surface area contributed by atoms with Crippen molar-refractivity contribution in [2.75, 3.05) is 6.26 Å². The molecule has 0 aliphatic rings. The molecule has 0 spiro atoms. The fourth-order valence-electron chi connectivity index (χ4n) is 1.64. The molecule has 0 saturated heterocycles. The summed E-state index contributed by atoms with van der Waals surface area (Å²) in [6, 6.07) is 5.88. The highest BCUT2D eigenvalue weighted by Crippen LogP contribution is 2.35. The van der Waals surface area contributed by atoms with Gasteiger partial charge < -0.3 is 0 Å². The average Bonchev–Trinajstić information content (AvgIpc) is 2.73. The molecule has 20 heavy (non-hydrogen) atoms. The third-order valence-corrected chi connectivity index (χ3v) is 4.10. The Morgan fingerprint density at radius 3 is 2.20 bits per heavy atom. The summed E-state index contributed by atoms with van der Waals surface area (Å²) in [6.07, 6.45) is -3.41. The first-order valence-corrected chi connectivity index (χ1v) is 7.90. The first-order chi connectivity index (χ1) is 9.10. The molecule has 1 heterocycles. The minimum absolute atomic E-state index is 0.121. The fraction of sp³-hybridized carbons (Fsp3) is 0.182. The van der Waals surface area contributed by atoms with Gasteiger partial charge in [0.1, 0.15) is 4.90 Å². The molecule has 2 aromatic rings. The van der Waals surface area contributed by atoms with Crippen molar-refractivity contribution >= 4 is 25.8 Å². The maximum Gasteiger partial charge on any atom is 0.434 e. The van der Waals surface area contributed by atoms with E-state index < -0.39 is 26.6 Å². The summed E-state index contributed by atoms with van der Waals surface area (Å²) in [5, 5.41) is 3.55. The van der Waals surface area contributed by atoms with Crippen LogP contribution in [-0.4, -0.2) is 24.5 Å². The lowest BCUT2D eigenvalue weighted by molar-refractivity contribution is -0.145. The molecule has 1 aromatic carbocycles. The summed E-state index contributed by atoms with van der Waals surface area (Å²) in [7, 11) is -4.02. The molecule has 0 N–H and O–H groups in total. The van der Waals surface area contributed by atoms with E-state index in [4.69, 9.17) is 0 Å². The Labute approximate surface area is 121 Å². The number of halogens is 4. The molecular formula is C11H8BrF3N2O2S. The van der Waals surface area contributed by atoms with Crippen molar-refractivity contribution < 1.29 is 21.6 Å². The van der Waals surface area contributed by atoms with Gasteiger partial charge >= 0.3 is 6.18 Å². The Hall–Kier alpha value is -1.35. The van der Waals surface area contributed by atoms with Gasteiger partial charge in [0.25, 0.3) is 0 Å². The number of aromatic nitrogens is 2. The predicted octanol–water partition coefficient (Wildman–Crippen LogP) is 3.06. The maximum atomic E-state index is 13.1. The molecule has 0 radical (unpaired) electrons. The van der Waals surface area contributed by atoms with Gasteiger partial charge in [0.05, 0.1) is 11.9 Å². The summed E-state index contributed by atoms with van der Waals surface area (Å²) < 4.78 is 63.4. The van der Waals surface area contributed by atoms with Crippen molar-refractivity contribution in [3.8, 4) is 5.69 Å². The van der Waals surface area contributed by atoms with Crippen LogP contribution in [0.5, 0.6) is 0 Å². The Bertz CT molecular complexity index is 736. The van der Waals surface area contributed by atoms with Gasteiger partial charge in [-0.3, -0.25) is 0 Å². The van der Waals surface area contributed by atoms with Gasteiger partial charge in [-0.25, -0.2) is 13.1 Å². The van der Waals surface area contributed by atoms with E-state index in [-0.39, 0.29) is 5.69 Å². The molecule has 108 valence electrons. The summed E-state index contributed by atoms with van der Waals surface area (Å²) in [5.41, 5.74) is -1.18. The van der Waals surface area contributed by atoms with Crippen LogP contribution >= 0.6 is 15.9 Å². The van der Waals surface area contributed by atoms with E-state index in [9.17, 15) is 21.6 Å². The second kappa shape index (κ2) is 4.88. The van der Waals surface area contributed by atoms with Gasteiger partial charge in [0.2, 0.25) is 0 Å². The third kappa shape index (κ3) is 2.88. The van der Waals surface area contributed by atoms with Crippen LogP contribution in [0.3, 0.4) is 0 Å². The van der Waals surface area contributed by atoms with Gasteiger partial charge in [-0.2, -0.15) is 18.3 Å². The minimum atomic E-state index is -4.83. The summed E-state index contributed by atoms with van der Waals surface area (Å²) in [6.45, 7) is 0. The molecule has 0 unspecified atom stereocenters. The molecule has 4 nitrogen and oxygen atoms in total. The summed E-state index contributed by atoms with van der Waals surface area (Å²) >= 11 is 3.17. The topological polar surface area (TPSA) is 52.0 Å². The number of rotatable bonds is 2. The zero-order chi connectivity index (χ0) is 15.1. The number of hydrogen-bond donors (Lipinski definition) is 0. The standard InChI is InChI=1S/C11H8BrF3N2O2S/c1-20(18,19)9-6-16-17(10(9)11(13,14)15)8-4-2-7(12)3-5-8/h2-6H,1H3. The number of hydrogen-bond acceptors (Lipinski definition) is 3. The molecule has 0 saturated carbocycles. The fourth-order valence-corrected chi connectivity index (χ4v) is 2.70. The Morgan fingerprint density at radius 2 is 1.75 bits per heavy atom. The van der Waals surface area contributed by atoms with E-state index in [0.717, 1.165) is 0 Å². The highest BCUT2D eigenvalue weighted by molar-refractivity contribution is 9.10. The van der Waals surface area contributed by atoms with Gasteiger partial charge in [-0.15, -0.1) is 0 Å². The lowest BCUT2D eigenvalue weighted by atomic mass is 10.3. The van der Waals surface area contributed by atoms with E-state index >= 15 is 0 Å². The number of benzene rings is 1. The monoisotopic (exact) mass is 368 g/mol. The van der Waals surface area contributed by atoms with Gasteiger partial charge in [0, 0.05) is 10.7 Å². The van der Waals surface area contributed by atoms with E-state index in [0.29, 0.717) is 21.6 Å². The molecule has 2 rings (SSSR count). The largest absolute Gasteiger partial charge is 0.434 e. The second-order valence-corrected chi connectivity index (χ2v) is 6.92. The van der Waals surface area contributed by atoms with Crippen molar-refractivity contribution in [2.24, 2.45) is 0 Å². The lowest BCUT2D eigenvalue weighted by Gasteiger charge is -2.12. The number of alkyl halides is 3. The quantitative estimate of drug-likeness (QED) is 0.818. The highest BCUT2D eigenvalue weighted by Gasteiger charge is 2.41. The van der Waals surface area contributed by atoms with E-state index in [1.807, 2.05) is 0 Å². The summed E-state index contributed by atoms with van der Waals surface area (Å²) in [5.74, 6) is 0. The van der Waals surface area contributed by atoms with Crippen molar-refractivity contribution in [3.63, 3.8) is 0 Å². The van der Waals surface area contributed by atoms with Crippen LogP contribution in [-0.2, 0) is 16.0 Å². The second-order valence-electron chi connectivity index (χ2n) is 4.02. The van der Waals surface area contributed by atoms with E-state index in [2.05, 4.69) is 21.0 Å². The zero-order valence-corrected chi connectivity index (χ0v) is 12.4. The van der Waals surface area contributed by atoms with E-state index in [1.165, 1.54) is 24.3 Å². The molecule has 0 fully saturated rings. The first-order valence-electron chi connectivity index (χ1n) is 5.22. The van der Waals surface area contributed by atoms with E-state index in [1.54, 1.807) is 0 Å². The Kier molecular flexibility index (Phi) is 3.67. The summed E-state index contributed by atoms with van der Waals surface area (Å²) in [4.78, 5) is -0.840. The van der Waals surface area contributed by atoms with Crippen LogP contribution < -0.4 is 0 Å². The van der Waals surface area contributed by atoms with Crippen molar-refractivity contribution in [3.05, 3.63) is 40.6 Å². The Balaban J connectivity index is 2.72. The molecule has 9 heteroatoms. The minimum Gasteiger partial charge on any atom is -0.227 e. The van der Waals surface area contributed by atoms with Gasteiger partial charge in [-0.05, 0) is 24.3 Å². The molecule has 0 aliphatic carbocycles. The van der Waals surface area contributed by atoms with Crippen molar-refractivity contribution in [1.82, 2.24) is 9.78 Å². The molecule has 0 aliphatic heterocycles. The highest BCUT2D eigenvalue weighted by atomic mass is 79.9. The Morgan fingerprint density at radius 1 is 1.20 bits per heavy atom. The molecular weight excluding hydrogens is 361 g/mol. The van der Waals surface area contributed by atoms with Crippen LogP contribution in [0.15, 0.2) is 39.8 Å². The first kappa shape index (κ1) is 15.0. The van der Waals surface area contributed by atoms with Crippen LogP contribution in [0.4, 0.5) is 13.2 Å². The maximum absolute atomic E-state index is 13.1. The average molecular weight is 369 g/mol. The normalized spacial score (nSPS) is 12.7. The van der Waals surface area contributed by atoms with Crippen LogP contribution in [0.2, 0.25) is 0 Å². The zero-order valence-electron chi connectivity index (χ0n) is 10.0. The SMILES string of the molecule is CS(=O)(=O)c1cnn(-c2ccc(Br)cc2)c1C(F)(F)F. The molecule has 0 atom stereocenters. The van der Waals surface area contributed by atoms with Crippen molar-refractivity contribution in [1.29, 1.82) is 0 Å². The predicted molar refractivity (Wildman–Crippen MR) is 69.4 cm³/mol. The molecule has 1 aromatic heterocycles. The smallest absolute Gasteiger partial charge is 0.227 e. The number of nitrogens with zero attached hydrogens (tertiary/aromatic N) is 2. The van der Waals surface area contributed by atoms with Crippen LogP contribution in [0, 0.1) is 0 Å². The molecule has 0 bridgehead atoms. The van der Waals surface area contributed by atoms with Gasteiger partial charge in [-0.1, -0.05) is 15.9 Å². The van der Waals surface area contributed by atoms with Crippen LogP contribution in [0.1, 0.15) is 5.69 Å². The number of sulfone groups is 1. The van der Waals surface area contributed by atoms with Crippen LogP contribution in [0.25, 0.3) is 5.69 Å². The molecule has 0 amide bonds. The third-order valence-electron chi connectivity index (χ3n) is 2.47. The van der Waals surface area contributed by atoms with Crippen molar-refractivity contribution in [2.45, 2.75) is 11.1 Å². The lowest BCUT2D eigenvalue weighted by Crippen LogP contribution is -2.17. The van der Waals surface area contributed by atoms with Gasteiger partial charge in [0.15, 0.2) is 15.5 Å².